The van der Waals surface area contributed by atoms with E-state index in [1.807, 2.05) is 0 Å². The van der Waals surface area contributed by atoms with E-state index in [9.17, 15) is 0 Å². The zero-order valence-corrected chi connectivity index (χ0v) is 12.9. The van der Waals surface area contributed by atoms with Crippen molar-refractivity contribution >= 4 is 11.6 Å². The van der Waals surface area contributed by atoms with Crippen LogP contribution < -0.4 is 0 Å². The Hall–Kier alpha value is -0.540. The second-order valence-corrected chi connectivity index (χ2v) is 6.21. The number of nitrogens with zero attached hydrogens (tertiary/aromatic N) is 3. The van der Waals surface area contributed by atoms with Gasteiger partial charge in [-0.3, -0.25) is 9.58 Å². The van der Waals surface area contributed by atoms with Crippen molar-refractivity contribution in [2.75, 3.05) is 12.4 Å². The van der Waals surface area contributed by atoms with E-state index < -0.39 is 0 Å². The van der Waals surface area contributed by atoms with Crippen LogP contribution in [0.25, 0.3) is 0 Å². The molecule has 1 saturated carbocycles. The zero-order valence-electron chi connectivity index (χ0n) is 12.2. The van der Waals surface area contributed by atoms with Gasteiger partial charge in [0.1, 0.15) is 0 Å². The maximum atomic E-state index is 5.87. The SMILES string of the molecule is CC(C)N(CCCl)Cc1ccn(C2CCCCC2)n1. The minimum Gasteiger partial charge on any atom is -0.294 e. The van der Waals surface area contributed by atoms with Crippen molar-refractivity contribution < 1.29 is 0 Å². The van der Waals surface area contributed by atoms with E-state index >= 15 is 0 Å². The van der Waals surface area contributed by atoms with Crippen LogP contribution in [0.4, 0.5) is 0 Å². The summed E-state index contributed by atoms with van der Waals surface area (Å²) in [6, 6.07) is 3.31. The third-order valence-corrected chi connectivity index (χ3v) is 4.25. The fourth-order valence-corrected chi connectivity index (χ4v) is 3.06. The van der Waals surface area contributed by atoms with Crippen LogP contribution in [-0.2, 0) is 6.54 Å². The molecule has 1 aliphatic carbocycles. The lowest BCUT2D eigenvalue weighted by Crippen LogP contribution is -2.32. The van der Waals surface area contributed by atoms with Gasteiger partial charge in [-0.1, -0.05) is 19.3 Å². The summed E-state index contributed by atoms with van der Waals surface area (Å²) in [5, 5.41) is 4.77. The monoisotopic (exact) mass is 283 g/mol. The van der Waals surface area contributed by atoms with Crippen molar-refractivity contribution in [3.63, 3.8) is 0 Å². The molecule has 0 atom stereocenters. The van der Waals surface area contributed by atoms with Gasteiger partial charge in [-0.25, -0.2) is 0 Å². The van der Waals surface area contributed by atoms with Crippen LogP contribution in [0.1, 0.15) is 57.7 Å². The van der Waals surface area contributed by atoms with Gasteiger partial charge in [0.25, 0.3) is 0 Å². The second kappa shape index (κ2) is 7.30. The molecule has 1 aliphatic rings. The molecule has 0 bridgehead atoms. The van der Waals surface area contributed by atoms with E-state index in [-0.39, 0.29) is 0 Å². The molecule has 3 nitrogen and oxygen atoms in total. The maximum Gasteiger partial charge on any atom is 0.0765 e. The Morgan fingerprint density at radius 3 is 2.74 bits per heavy atom. The van der Waals surface area contributed by atoms with Crippen molar-refractivity contribution in [3.05, 3.63) is 18.0 Å². The van der Waals surface area contributed by atoms with Crippen LogP contribution in [0.2, 0.25) is 0 Å². The molecule has 0 amide bonds. The lowest BCUT2D eigenvalue weighted by atomic mass is 9.96. The van der Waals surface area contributed by atoms with E-state index in [2.05, 4.69) is 35.7 Å². The van der Waals surface area contributed by atoms with E-state index in [0.29, 0.717) is 18.0 Å². The third kappa shape index (κ3) is 4.22. The van der Waals surface area contributed by atoms with Gasteiger partial charge in [-0.05, 0) is 32.8 Å². The Bertz CT molecular complexity index is 369. The highest BCUT2D eigenvalue weighted by Gasteiger charge is 2.17. The Balaban J connectivity index is 1.95. The standard InChI is InChI=1S/C15H26ClN3/c1-13(2)18(11-9-16)12-14-8-10-19(17-14)15-6-4-3-5-7-15/h8,10,13,15H,3-7,9,11-12H2,1-2H3. The zero-order chi connectivity index (χ0) is 13.7. The molecular weight excluding hydrogens is 258 g/mol. The molecule has 2 rings (SSSR count). The second-order valence-electron chi connectivity index (χ2n) is 5.83. The summed E-state index contributed by atoms with van der Waals surface area (Å²) in [5.74, 6) is 0.682. The number of alkyl halides is 1. The number of rotatable bonds is 6. The maximum absolute atomic E-state index is 5.87. The van der Waals surface area contributed by atoms with E-state index in [0.717, 1.165) is 13.1 Å². The van der Waals surface area contributed by atoms with Crippen LogP contribution in [0.3, 0.4) is 0 Å². The topological polar surface area (TPSA) is 21.1 Å². The normalized spacial score (nSPS) is 17.5. The summed E-state index contributed by atoms with van der Waals surface area (Å²) >= 11 is 5.87. The van der Waals surface area contributed by atoms with Gasteiger partial charge in [0.05, 0.1) is 11.7 Å². The number of hydrogen-bond donors (Lipinski definition) is 0. The molecule has 0 N–H and O–H groups in total. The fourth-order valence-electron chi connectivity index (χ4n) is 2.85. The van der Waals surface area contributed by atoms with E-state index in [1.165, 1.54) is 37.8 Å². The lowest BCUT2D eigenvalue weighted by molar-refractivity contribution is 0.221. The molecule has 0 aromatic carbocycles. The largest absolute Gasteiger partial charge is 0.294 e. The molecule has 19 heavy (non-hydrogen) atoms. The predicted octanol–water partition coefficient (Wildman–Crippen LogP) is 3.84. The molecule has 0 spiro atoms. The molecule has 0 aliphatic heterocycles. The molecule has 0 radical (unpaired) electrons. The first-order chi connectivity index (χ1) is 9.20. The van der Waals surface area contributed by atoms with Crippen LogP contribution in [0.5, 0.6) is 0 Å². The van der Waals surface area contributed by atoms with Gasteiger partial charge >= 0.3 is 0 Å². The van der Waals surface area contributed by atoms with Gasteiger partial charge in [0.2, 0.25) is 0 Å². The number of aromatic nitrogens is 2. The van der Waals surface area contributed by atoms with E-state index in [4.69, 9.17) is 16.7 Å². The first kappa shape index (κ1) is 14.9. The number of hydrogen-bond acceptors (Lipinski definition) is 2. The van der Waals surface area contributed by atoms with Crippen molar-refractivity contribution in [1.82, 2.24) is 14.7 Å². The minimum atomic E-state index is 0.513. The highest BCUT2D eigenvalue weighted by Crippen LogP contribution is 2.27. The summed E-state index contributed by atoms with van der Waals surface area (Å²) in [6.07, 6.45) is 8.83. The van der Waals surface area contributed by atoms with Gasteiger partial charge in [-0.15, -0.1) is 11.6 Å². The van der Waals surface area contributed by atoms with Crippen LogP contribution >= 0.6 is 11.6 Å². The highest BCUT2D eigenvalue weighted by atomic mass is 35.5. The Labute approximate surface area is 121 Å². The first-order valence-electron chi connectivity index (χ1n) is 7.54. The summed E-state index contributed by atoms with van der Waals surface area (Å²) in [7, 11) is 0. The Morgan fingerprint density at radius 1 is 1.37 bits per heavy atom. The van der Waals surface area contributed by atoms with Gasteiger partial charge in [0, 0.05) is 31.2 Å². The molecule has 4 heteroatoms. The quantitative estimate of drug-likeness (QED) is 0.740. The van der Waals surface area contributed by atoms with Crippen molar-refractivity contribution in [3.8, 4) is 0 Å². The van der Waals surface area contributed by atoms with Crippen molar-refractivity contribution in [2.24, 2.45) is 0 Å². The Morgan fingerprint density at radius 2 is 2.11 bits per heavy atom. The molecule has 1 heterocycles. The molecule has 108 valence electrons. The minimum absolute atomic E-state index is 0.513. The summed E-state index contributed by atoms with van der Waals surface area (Å²) in [4.78, 5) is 2.38. The van der Waals surface area contributed by atoms with Crippen molar-refractivity contribution in [2.45, 2.75) is 64.6 Å². The summed E-state index contributed by atoms with van der Waals surface area (Å²) < 4.78 is 2.19. The fraction of sp³-hybridized carbons (Fsp3) is 0.800. The molecular formula is C15H26ClN3. The van der Waals surface area contributed by atoms with Crippen LogP contribution in [-0.4, -0.2) is 33.1 Å². The highest BCUT2D eigenvalue weighted by molar-refractivity contribution is 6.18. The molecule has 0 unspecified atom stereocenters. The van der Waals surface area contributed by atoms with Gasteiger partial charge in [-0.2, -0.15) is 5.10 Å². The van der Waals surface area contributed by atoms with E-state index in [1.54, 1.807) is 0 Å². The van der Waals surface area contributed by atoms with Gasteiger partial charge < -0.3 is 0 Å². The average Bonchev–Trinajstić information content (AvgIpc) is 2.88. The smallest absolute Gasteiger partial charge is 0.0765 e. The van der Waals surface area contributed by atoms with Crippen molar-refractivity contribution in [1.29, 1.82) is 0 Å². The molecule has 0 saturated heterocycles. The predicted molar refractivity (Wildman–Crippen MR) is 80.6 cm³/mol. The Kier molecular flexibility index (Phi) is 5.71. The third-order valence-electron chi connectivity index (χ3n) is 4.08. The molecule has 1 aromatic rings. The number of halogens is 1. The summed E-state index contributed by atoms with van der Waals surface area (Å²) in [6.45, 7) is 6.26. The molecule has 1 aromatic heterocycles. The first-order valence-corrected chi connectivity index (χ1v) is 8.08. The average molecular weight is 284 g/mol. The molecule has 1 fully saturated rings. The van der Waals surface area contributed by atoms with Crippen LogP contribution in [0.15, 0.2) is 12.3 Å². The lowest BCUT2D eigenvalue weighted by Gasteiger charge is -2.25. The summed E-state index contributed by atoms with van der Waals surface area (Å²) in [5.41, 5.74) is 1.17. The van der Waals surface area contributed by atoms with Crippen LogP contribution in [0, 0.1) is 0 Å². The van der Waals surface area contributed by atoms with Gasteiger partial charge in [0.15, 0.2) is 0 Å².